The minimum Gasteiger partial charge on any atom is -0.336 e. The van der Waals surface area contributed by atoms with E-state index >= 15 is 0 Å². The number of carbonyl (C=O) groups excluding carboxylic acids is 2. The standard InChI is InChI=1S/C16H22N4O2.ClH/c17-11-16(7-1-2-8-16)14(21)19-12-3-5-13(6-4-12)20-10-9-18-15(20)22;/h3-6H,1-2,7-11,17H2,(H,18,22)(H,19,21);1H. The number of amides is 3. The number of hydrogen-bond donors (Lipinski definition) is 3. The van der Waals surface area contributed by atoms with Gasteiger partial charge in [-0.05, 0) is 37.1 Å². The molecule has 3 amide bonds. The number of nitrogens with one attached hydrogen (secondary N) is 2. The molecule has 0 atom stereocenters. The number of rotatable bonds is 4. The highest BCUT2D eigenvalue weighted by atomic mass is 35.5. The van der Waals surface area contributed by atoms with E-state index in [4.69, 9.17) is 5.73 Å². The summed E-state index contributed by atoms with van der Waals surface area (Å²) in [6.45, 7) is 1.72. The van der Waals surface area contributed by atoms with Gasteiger partial charge in [0, 0.05) is 31.0 Å². The van der Waals surface area contributed by atoms with Crippen molar-refractivity contribution in [3.05, 3.63) is 24.3 Å². The zero-order valence-electron chi connectivity index (χ0n) is 13.0. The van der Waals surface area contributed by atoms with Crippen LogP contribution in [0.4, 0.5) is 16.2 Å². The normalized spacial score (nSPS) is 19.2. The Morgan fingerprint density at radius 3 is 2.43 bits per heavy atom. The lowest BCUT2D eigenvalue weighted by molar-refractivity contribution is -0.124. The predicted molar refractivity (Wildman–Crippen MR) is 93.0 cm³/mol. The number of nitrogens with two attached hydrogens (primary N) is 1. The van der Waals surface area contributed by atoms with Gasteiger partial charge < -0.3 is 16.4 Å². The van der Waals surface area contributed by atoms with Crippen LogP contribution in [0.2, 0.25) is 0 Å². The second-order valence-electron chi connectivity index (χ2n) is 6.08. The maximum absolute atomic E-state index is 12.5. The molecule has 1 heterocycles. The Kier molecular flexibility index (Phi) is 5.49. The largest absolute Gasteiger partial charge is 0.336 e. The van der Waals surface area contributed by atoms with Gasteiger partial charge in [-0.15, -0.1) is 12.4 Å². The van der Waals surface area contributed by atoms with Gasteiger partial charge in [-0.1, -0.05) is 12.8 Å². The van der Waals surface area contributed by atoms with E-state index in [9.17, 15) is 9.59 Å². The summed E-state index contributed by atoms with van der Waals surface area (Å²) in [6, 6.07) is 7.29. The molecule has 0 radical (unpaired) electrons. The molecule has 1 aromatic rings. The molecular weight excluding hydrogens is 316 g/mol. The van der Waals surface area contributed by atoms with Crippen molar-refractivity contribution in [2.45, 2.75) is 25.7 Å². The monoisotopic (exact) mass is 338 g/mol. The molecular formula is C16H23ClN4O2. The van der Waals surface area contributed by atoms with E-state index in [0.717, 1.165) is 37.1 Å². The van der Waals surface area contributed by atoms with E-state index in [2.05, 4.69) is 10.6 Å². The van der Waals surface area contributed by atoms with Crippen molar-refractivity contribution in [2.75, 3.05) is 29.9 Å². The molecule has 7 heteroatoms. The molecule has 2 aliphatic rings. The first-order valence-corrected chi connectivity index (χ1v) is 7.82. The lowest BCUT2D eigenvalue weighted by Crippen LogP contribution is -2.40. The molecule has 1 saturated carbocycles. The molecule has 0 spiro atoms. The third-order valence-corrected chi connectivity index (χ3v) is 4.73. The van der Waals surface area contributed by atoms with Crippen LogP contribution >= 0.6 is 12.4 Å². The van der Waals surface area contributed by atoms with Crippen LogP contribution in [0, 0.1) is 5.41 Å². The Hall–Kier alpha value is -1.79. The molecule has 4 N–H and O–H groups in total. The predicted octanol–water partition coefficient (Wildman–Crippen LogP) is 2.10. The Bertz CT molecular complexity index is 570. The smallest absolute Gasteiger partial charge is 0.321 e. The van der Waals surface area contributed by atoms with E-state index in [-0.39, 0.29) is 24.3 Å². The lowest BCUT2D eigenvalue weighted by Gasteiger charge is -2.25. The van der Waals surface area contributed by atoms with E-state index in [1.165, 1.54) is 0 Å². The summed E-state index contributed by atoms with van der Waals surface area (Å²) in [5, 5.41) is 5.73. The fraction of sp³-hybridized carbons (Fsp3) is 0.500. The molecule has 6 nitrogen and oxygen atoms in total. The highest BCUT2D eigenvalue weighted by molar-refractivity contribution is 5.97. The molecule has 2 fully saturated rings. The number of carbonyl (C=O) groups is 2. The minimum atomic E-state index is -0.409. The van der Waals surface area contributed by atoms with Crippen molar-refractivity contribution in [2.24, 2.45) is 11.1 Å². The van der Waals surface area contributed by atoms with Crippen molar-refractivity contribution in [3.8, 4) is 0 Å². The fourth-order valence-electron chi connectivity index (χ4n) is 3.28. The maximum Gasteiger partial charge on any atom is 0.321 e. The van der Waals surface area contributed by atoms with E-state index in [1.807, 2.05) is 24.3 Å². The van der Waals surface area contributed by atoms with E-state index in [1.54, 1.807) is 4.90 Å². The van der Waals surface area contributed by atoms with Crippen molar-refractivity contribution in [1.29, 1.82) is 0 Å². The first kappa shape index (κ1) is 17.6. The molecule has 1 aliphatic heterocycles. The third-order valence-electron chi connectivity index (χ3n) is 4.73. The Labute approximate surface area is 142 Å². The Morgan fingerprint density at radius 1 is 1.26 bits per heavy atom. The molecule has 1 saturated heterocycles. The summed E-state index contributed by atoms with van der Waals surface area (Å²) in [6.07, 6.45) is 3.85. The quantitative estimate of drug-likeness (QED) is 0.785. The average molecular weight is 339 g/mol. The second-order valence-corrected chi connectivity index (χ2v) is 6.08. The van der Waals surface area contributed by atoms with Crippen LogP contribution in [0.15, 0.2) is 24.3 Å². The number of anilines is 2. The van der Waals surface area contributed by atoms with Gasteiger partial charge in [0.1, 0.15) is 0 Å². The number of nitrogens with zero attached hydrogens (tertiary/aromatic N) is 1. The van der Waals surface area contributed by atoms with Gasteiger partial charge in [-0.2, -0.15) is 0 Å². The van der Waals surface area contributed by atoms with Crippen LogP contribution in [0.5, 0.6) is 0 Å². The van der Waals surface area contributed by atoms with E-state index in [0.29, 0.717) is 19.6 Å². The van der Waals surface area contributed by atoms with Crippen LogP contribution in [0.3, 0.4) is 0 Å². The maximum atomic E-state index is 12.5. The van der Waals surface area contributed by atoms with Crippen molar-refractivity contribution in [3.63, 3.8) is 0 Å². The number of hydrogen-bond acceptors (Lipinski definition) is 3. The first-order valence-electron chi connectivity index (χ1n) is 7.82. The zero-order valence-corrected chi connectivity index (χ0v) is 13.8. The molecule has 1 aliphatic carbocycles. The van der Waals surface area contributed by atoms with Crippen LogP contribution in [-0.4, -0.2) is 31.6 Å². The van der Waals surface area contributed by atoms with Gasteiger partial charge in [-0.3, -0.25) is 9.69 Å². The number of benzene rings is 1. The Balaban J connectivity index is 0.00000192. The van der Waals surface area contributed by atoms with Crippen LogP contribution in [-0.2, 0) is 4.79 Å². The number of urea groups is 1. The van der Waals surface area contributed by atoms with Crippen molar-refractivity contribution in [1.82, 2.24) is 5.32 Å². The molecule has 1 aromatic carbocycles. The van der Waals surface area contributed by atoms with Crippen LogP contribution in [0.1, 0.15) is 25.7 Å². The molecule has 126 valence electrons. The molecule has 3 rings (SSSR count). The van der Waals surface area contributed by atoms with E-state index < -0.39 is 5.41 Å². The van der Waals surface area contributed by atoms with Gasteiger partial charge in [0.05, 0.1) is 5.41 Å². The molecule has 0 aromatic heterocycles. The van der Waals surface area contributed by atoms with Crippen LogP contribution in [0.25, 0.3) is 0 Å². The lowest BCUT2D eigenvalue weighted by atomic mass is 9.85. The van der Waals surface area contributed by atoms with Gasteiger partial charge in [0.15, 0.2) is 0 Å². The molecule has 0 unspecified atom stereocenters. The Morgan fingerprint density at radius 2 is 1.91 bits per heavy atom. The topological polar surface area (TPSA) is 87.5 Å². The summed E-state index contributed by atoms with van der Waals surface area (Å²) in [5.74, 6) is 0.0131. The second kappa shape index (κ2) is 7.19. The minimum absolute atomic E-state index is 0. The molecule has 23 heavy (non-hydrogen) atoms. The summed E-state index contributed by atoms with van der Waals surface area (Å²) in [7, 11) is 0. The zero-order chi connectivity index (χ0) is 15.6. The van der Waals surface area contributed by atoms with Crippen molar-refractivity contribution >= 4 is 35.7 Å². The highest BCUT2D eigenvalue weighted by Crippen LogP contribution is 2.38. The van der Waals surface area contributed by atoms with Gasteiger partial charge in [0.2, 0.25) is 5.91 Å². The van der Waals surface area contributed by atoms with Gasteiger partial charge in [0.25, 0.3) is 0 Å². The summed E-state index contributed by atoms with van der Waals surface area (Å²) in [4.78, 5) is 25.8. The van der Waals surface area contributed by atoms with Crippen molar-refractivity contribution < 1.29 is 9.59 Å². The van der Waals surface area contributed by atoms with Gasteiger partial charge >= 0.3 is 6.03 Å². The highest BCUT2D eigenvalue weighted by Gasteiger charge is 2.39. The molecule has 0 bridgehead atoms. The first-order chi connectivity index (χ1) is 10.6. The SMILES string of the molecule is Cl.NCC1(C(=O)Nc2ccc(N3CCNC3=O)cc2)CCCC1. The summed E-state index contributed by atoms with van der Waals surface area (Å²) in [5.41, 5.74) is 7.00. The van der Waals surface area contributed by atoms with Gasteiger partial charge in [-0.25, -0.2) is 4.79 Å². The number of halogens is 1. The fourth-order valence-corrected chi connectivity index (χ4v) is 3.28. The third kappa shape index (κ3) is 3.43. The average Bonchev–Trinajstić information content (AvgIpc) is 3.17. The van der Waals surface area contributed by atoms with Crippen LogP contribution < -0.4 is 21.3 Å². The summed E-state index contributed by atoms with van der Waals surface area (Å²) < 4.78 is 0. The summed E-state index contributed by atoms with van der Waals surface area (Å²) >= 11 is 0.